The van der Waals surface area contributed by atoms with Crippen molar-refractivity contribution in [3.8, 4) is 0 Å². The Morgan fingerprint density at radius 2 is 1.88 bits per heavy atom. The minimum absolute atomic E-state index is 0.353. The fourth-order valence-electron chi connectivity index (χ4n) is 5.53. The lowest BCUT2D eigenvalue weighted by molar-refractivity contribution is 0.0640. The van der Waals surface area contributed by atoms with Gasteiger partial charge in [0.2, 0.25) is 0 Å². The molecule has 0 N–H and O–H groups in total. The van der Waals surface area contributed by atoms with Crippen molar-refractivity contribution in [2.24, 2.45) is 5.92 Å². The highest BCUT2D eigenvalue weighted by Gasteiger charge is 2.34. The molecule has 1 saturated carbocycles. The highest BCUT2D eigenvalue weighted by atomic mass is 15.3. The molecule has 6 rings (SSSR count). The summed E-state index contributed by atoms with van der Waals surface area (Å²) < 4.78 is 4.40. The maximum Gasteiger partial charge on any atom is 0.138 e. The number of aromatic nitrogens is 4. The molecule has 3 aromatic rings. The van der Waals surface area contributed by atoms with Crippen molar-refractivity contribution in [3.63, 3.8) is 0 Å². The zero-order valence-corrected chi connectivity index (χ0v) is 20.1. The monoisotopic (exact) mass is 447 g/mol. The molecule has 2 saturated heterocycles. The molecule has 7 heteroatoms. The van der Waals surface area contributed by atoms with Crippen LogP contribution in [-0.2, 0) is 6.54 Å². The van der Waals surface area contributed by atoms with Gasteiger partial charge in [-0.15, -0.1) is 0 Å². The Hall–Kier alpha value is -2.38. The first-order valence-corrected chi connectivity index (χ1v) is 12.9. The first kappa shape index (κ1) is 21.2. The molecule has 176 valence electrons. The van der Waals surface area contributed by atoms with E-state index in [0.29, 0.717) is 12.1 Å². The van der Waals surface area contributed by atoms with Crippen LogP contribution in [-0.4, -0.2) is 68.2 Å². The second kappa shape index (κ2) is 8.76. The third kappa shape index (κ3) is 4.41. The Morgan fingerprint density at radius 1 is 1.03 bits per heavy atom. The quantitative estimate of drug-likeness (QED) is 0.548. The smallest absolute Gasteiger partial charge is 0.138 e. The van der Waals surface area contributed by atoms with Crippen LogP contribution in [0.4, 0.5) is 5.82 Å². The lowest BCUT2D eigenvalue weighted by atomic mass is 10.1. The summed E-state index contributed by atoms with van der Waals surface area (Å²) in [4.78, 5) is 13.0. The maximum atomic E-state index is 5.17. The van der Waals surface area contributed by atoms with E-state index < -0.39 is 0 Å². The first-order chi connectivity index (χ1) is 16.1. The number of hydrogen-bond acceptors (Lipinski definition) is 5. The topological polar surface area (TPSA) is 44.8 Å². The molecule has 1 unspecified atom stereocenters. The van der Waals surface area contributed by atoms with Gasteiger partial charge in [-0.3, -0.25) is 18.9 Å². The average Bonchev–Trinajstić information content (AvgIpc) is 3.23. The van der Waals surface area contributed by atoms with Gasteiger partial charge in [0, 0.05) is 69.8 Å². The molecule has 3 fully saturated rings. The molecule has 33 heavy (non-hydrogen) atoms. The van der Waals surface area contributed by atoms with Crippen LogP contribution < -0.4 is 4.90 Å². The van der Waals surface area contributed by atoms with E-state index in [4.69, 9.17) is 4.98 Å². The van der Waals surface area contributed by atoms with Crippen molar-refractivity contribution in [2.75, 3.05) is 44.2 Å². The second-order valence-electron chi connectivity index (χ2n) is 10.6. The van der Waals surface area contributed by atoms with E-state index in [2.05, 4.69) is 73.3 Å². The van der Waals surface area contributed by atoms with Gasteiger partial charge in [-0.05, 0) is 57.6 Å². The third-order valence-electron chi connectivity index (χ3n) is 7.62. The zero-order chi connectivity index (χ0) is 22.4. The van der Waals surface area contributed by atoms with Gasteiger partial charge in [-0.25, -0.2) is 4.98 Å². The van der Waals surface area contributed by atoms with Gasteiger partial charge < -0.3 is 4.90 Å². The summed E-state index contributed by atoms with van der Waals surface area (Å²) in [5, 5.41) is 4.56. The standard InChI is InChI=1S/C26H37N7/c1-20(2)33-17-22(14-27-33)15-29-12-13-31(16-21-8-9-21)24(19-29)23-18-32-25(28-23)6-5-7-26(32)30-10-3-4-11-30/h5-7,14,17-18,20-21,24H,3-4,8-13,15-16,19H2,1-2H3. The van der Waals surface area contributed by atoms with Gasteiger partial charge in [-0.2, -0.15) is 5.10 Å². The Morgan fingerprint density at radius 3 is 2.64 bits per heavy atom. The predicted molar refractivity (Wildman–Crippen MR) is 132 cm³/mol. The average molecular weight is 448 g/mol. The van der Waals surface area contributed by atoms with E-state index in [-0.39, 0.29) is 0 Å². The van der Waals surface area contributed by atoms with Crippen molar-refractivity contribution in [1.29, 1.82) is 0 Å². The molecule has 3 aromatic heterocycles. The molecule has 0 aromatic carbocycles. The molecular formula is C26H37N7. The first-order valence-electron chi connectivity index (χ1n) is 12.9. The van der Waals surface area contributed by atoms with Crippen molar-refractivity contribution in [3.05, 3.63) is 48.0 Å². The number of fused-ring (bicyclic) bond motifs is 1. The van der Waals surface area contributed by atoms with Crippen LogP contribution in [0.1, 0.15) is 62.9 Å². The zero-order valence-electron chi connectivity index (χ0n) is 20.1. The Kier molecular flexibility index (Phi) is 5.62. The minimum Gasteiger partial charge on any atom is -0.358 e. The van der Waals surface area contributed by atoms with Gasteiger partial charge in [0.1, 0.15) is 11.5 Å². The maximum absolute atomic E-state index is 5.17. The fraction of sp³-hybridized carbons (Fsp3) is 0.615. The normalized spacial score (nSPS) is 22.8. The Labute approximate surface area is 197 Å². The van der Waals surface area contributed by atoms with E-state index in [1.165, 1.54) is 49.3 Å². The molecule has 2 aliphatic heterocycles. The van der Waals surface area contributed by atoms with Gasteiger partial charge in [0.05, 0.1) is 17.9 Å². The van der Waals surface area contributed by atoms with E-state index in [9.17, 15) is 0 Å². The molecule has 7 nitrogen and oxygen atoms in total. The molecule has 0 amide bonds. The summed E-state index contributed by atoms with van der Waals surface area (Å²) >= 11 is 0. The second-order valence-corrected chi connectivity index (χ2v) is 10.6. The van der Waals surface area contributed by atoms with E-state index in [0.717, 1.165) is 50.8 Å². The largest absolute Gasteiger partial charge is 0.358 e. The Bertz CT molecular complexity index is 1090. The van der Waals surface area contributed by atoms with Crippen molar-refractivity contribution < 1.29 is 0 Å². The number of imidazole rings is 1. The lowest BCUT2D eigenvalue weighted by Crippen LogP contribution is -2.48. The number of piperazine rings is 1. The summed E-state index contributed by atoms with van der Waals surface area (Å²) in [5.74, 6) is 2.19. The molecule has 0 bridgehead atoms. The predicted octanol–water partition coefficient (Wildman–Crippen LogP) is 3.98. The van der Waals surface area contributed by atoms with E-state index >= 15 is 0 Å². The fourth-order valence-corrected chi connectivity index (χ4v) is 5.53. The van der Waals surface area contributed by atoms with Crippen LogP contribution in [0.2, 0.25) is 0 Å². The molecule has 1 aliphatic carbocycles. The van der Waals surface area contributed by atoms with Crippen LogP contribution in [0.15, 0.2) is 36.8 Å². The molecular weight excluding hydrogens is 410 g/mol. The number of hydrogen-bond donors (Lipinski definition) is 0. The van der Waals surface area contributed by atoms with Crippen molar-refractivity contribution in [1.82, 2.24) is 29.0 Å². The summed E-state index contributed by atoms with van der Waals surface area (Å²) in [7, 11) is 0. The highest BCUT2D eigenvalue weighted by Crippen LogP contribution is 2.35. The summed E-state index contributed by atoms with van der Waals surface area (Å²) in [6.45, 7) is 12.1. The van der Waals surface area contributed by atoms with Crippen LogP contribution >= 0.6 is 0 Å². The number of nitrogens with zero attached hydrogens (tertiary/aromatic N) is 7. The van der Waals surface area contributed by atoms with Gasteiger partial charge in [-0.1, -0.05) is 6.07 Å². The number of rotatable bonds is 7. The van der Waals surface area contributed by atoms with Crippen molar-refractivity contribution >= 4 is 11.5 Å². The van der Waals surface area contributed by atoms with E-state index in [1.54, 1.807) is 0 Å². The Balaban J connectivity index is 1.26. The molecule has 3 aliphatic rings. The van der Waals surface area contributed by atoms with Crippen LogP contribution in [0.3, 0.4) is 0 Å². The molecule has 1 atom stereocenters. The number of pyridine rings is 1. The van der Waals surface area contributed by atoms with Crippen LogP contribution in [0, 0.1) is 5.92 Å². The molecule has 0 radical (unpaired) electrons. The summed E-state index contributed by atoms with van der Waals surface area (Å²) in [6.07, 6.45) is 11.9. The van der Waals surface area contributed by atoms with Gasteiger partial charge >= 0.3 is 0 Å². The van der Waals surface area contributed by atoms with Crippen LogP contribution in [0.5, 0.6) is 0 Å². The number of anilines is 1. The van der Waals surface area contributed by atoms with Crippen molar-refractivity contribution in [2.45, 2.75) is 58.2 Å². The summed E-state index contributed by atoms with van der Waals surface area (Å²) in [5.41, 5.74) is 3.62. The molecule has 0 spiro atoms. The van der Waals surface area contributed by atoms with E-state index in [1.807, 2.05) is 6.20 Å². The third-order valence-corrected chi connectivity index (χ3v) is 7.62. The van der Waals surface area contributed by atoms with Gasteiger partial charge in [0.25, 0.3) is 0 Å². The lowest BCUT2D eigenvalue weighted by Gasteiger charge is -2.40. The molecule has 5 heterocycles. The summed E-state index contributed by atoms with van der Waals surface area (Å²) in [6, 6.07) is 7.34. The highest BCUT2D eigenvalue weighted by molar-refractivity contribution is 5.53. The SMILES string of the molecule is CC(C)n1cc(CN2CCN(CC3CC3)C(c3cn4c(N5CCCC5)cccc4n3)C2)cn1. The minimum atomic E-state index is 0.353. The van der Waals surface area contributed by atoms with Crippen LogP contribution in [0.25, 0.3) is 5.65 Å². The van der Waals surface area contributed by atoms with Gasteiger partial charge in [0.15, 0.2) is 0 Å².